The zero-order valence-corrected chi connectivity index (χ0v) is 17.4. The molecule has 4 rings (SSSR count). The average Bonchev–Trinajstić information content (AvgIpc) is 3.00. The molecule has 0 aliphatic heterocycles. The van der Waals surface area contributed by atoms with Crippen LogP contribution in [-0.2, 0) is 27.2 Å². The Morgan fingerprint density at radius 3 is 2.72 bits per heavy atom. The first-order chi connectivity index (χ1) is 13.8. The molecule has 5 nitrogen and oxygen atoms in total. The van der Waals surface area contributed by atoms with Crippen molar-refractivity contribution in [1.29, 1.82) is 0 Å². The Balaban J connectivity index is 1.59. The van der Waals surface area contributed by atoms with Gasteiger partial charge in [-0.2, -0.15) is 0 Å². The molecule has 2 fully saturated rings. The zero-order chi connectivity index (χ0) is 20.8. The summed E-state index contributed by atoms with van der Waals surface area (Å²) in [5.41, 5.74) is 3.54. The van der Waals surface area contributed by atoms with Crippen molar-refractivity contribution in [3.8, 4) is 5.75 Å². The number of hydrogen-bond donors (Lipinski definition) is 2. The first-order valence-electron chi connectivity index (χ1n) is 11.1. The summed E-state index contributed by atoms with van der Waals surface area (Å²) in [6.45, 7) is 3.93. The van der Waals surface area contributed by atoms with E-state index >= 15 is 0 Å². The Morgan fingerprint density at radius 1 is 1.17 bits per heavy atom. The van der Waals surface area contributed by atoms with E-state index in [9.17, 15) is 19.8 Å². The van der Waals surface area contributed by atoms with Gasteiger partial charge in [-0.3, -0.25) is 9.59 Å². The molecule has 29 heavy (non-hydrogen) atoms. The molecule has 2 N–H and O–H groups in total. The lowest BCUT2D eigenvalue weighted by molar-refractivity contribution is -0.159. The summed E-state index contributed by atoms with van der Waals surface area (Å²) in [7, 11) is 0. The number of fused-ring (bicyclic) bond motifs is 5. The number of rotatable bonds is 4. The standard InChI is InChI=1S/C24H32O5/c1-3-21(27)29-22(28)9-5-15-13-16(25)12-14-4-6-17-18(23(14)15)10-11-24(2)19(17)7-8-20(24)26/h12-13,17-20,25-26H,3-11H2,1-2H3/t17-,18+,19+,20-,24+/m1/s1. The summed E-state index contributed by atoms with van der Waals surface area (Å²) < 4.78 is 4.82. The number of ether oxygens (including phenoxy) is 1. The van der Waals surface area contributed by atoms with E-state index in [2.05, 4.69) is 6.92 Å². The predicted molar refractivity (Wildman–Crippen MR) is 108 cm³/mol. The molecule has 0 aromatic heterocycles. The number of aliphatic hydroxyl groups excluding tert-OH is 1. The first kappa shape index (κ1) is 20.4. The lowest BCUT2D eigenvalue weighted by Crippen LogP contribution is -2.44. The lowest BCUT2D eigenvalue weighted by Gasteiger charge is -2.50. The summed E-state index contributed by atoms with van der Waals surface area (Å²) in [5, 5.41) is 20.8. The number of carbonyl (C=O) groups is 2. The maximum Gasteiger partial charge on any atom is 0.313 e. The minimum absolute atomic E-state index is 0.0278. The highest BCUT2D eigenvalue weighted by Gasteiger charge is 2.54. The van der Waals surface area contributed by atoms with Crippen molar-refractivity contribution in [3.63, 3.8) is 0 Å². The van der Waals surface area contributed by atoms with Gasteiger partial charge < -0.3 is 14.9 Å². The first-order valence-corrected chi connectivity index (χ1v) is 11.1. The van der Waals surface area contributed by atoms with Crippen LogP contribution < -0.4 is 0 Å². The SMILES string of the molecule is CCC(=O)OC(=O)CCc1cc(O)cc2c1[C@H]1CC[C@]3(C)[C@H](O)CC[C@H]3[C@@H]1CC2. The predicted octanol–water partition coefficient (Wildman–Crippen LogP) is 4.02. The van der Waals surface area contributed by atoms with Gasteiger partial charge in [-0.05, 0) is 96.9 Å². The highest BCUT2D eigenvalue weighted by molar-refractivity contribution is 5.85. The number of phenolic OH excluding ortho intramolecular Hbond substituents is 1. The van der Waals surface area contributed by atoms with Gasteiger partial charge in [-0.15, -0.1) is 0 Å². The van der Waals surface area contributed by atoms with Crippen LogP contribution >= 0.6 is 0 Å². The van der Waals surface area contributed by atoms with Gasteiger partial charge in [0, 0.05) is 6.42 Å². The summed E-state index contributed by atoms with van der Waals surface area (Å²) in [5.74, 6) is 0.752. The van der Waals surface area contributed by atoms with Crippen molar-refractivity contribution in [2.45, 2.75) is 83.7 Å². The number of aryl methyl sites for hydroxylation is 2. The second-order valence-corrected chi connectivity index (χ2v) is 9.43. The Bertz CT molecular complexity index is 816. The number of phenols is 1. The van der Waals surface area contributed by atoms with Crippen molar-refractivity contribution in [3.05, 3.63) is 28.8 Å². The molecule has 3 aliphatic rings. The third kappa shape index (κ3) is 3.58. The Labute approximate surface area is 172 Å². The van der Waals surface area contributed by atoms with E-state index in [0.717, 1.165) is 44.1 Å². The van der Waals surface area contributed by atoms with Gasteiger partial charge >= 0.3 is 11.9 Å². The molecule has 158 valence electrons. The van der Waals surface area contributed by atoms with E-state index in [-0.39, 0.29) is 30.1 Å². The molecule has 0 saturated heterocycles. The highest BCUT2D eigenvalue weighted by atomic mass is 16.6. The maximum atomic E-state index is 12.0. The van der Waals surface area contributed by atoms with Gasteiger partial charge in [0.15, 0.2) is 0 Å². The Hall–Kier alpha value is -1.88. The zero-order valence-electron chi connectivity index (χ0n) is 17.4. The van der Waals surface area contributed by atoms with Crippen LogP contribution in [0, 0.1) is 17.3 Å². The van der Waals surface area contributed by atoms with E-state index in [4.69, 9.17) is 4.74 Å². The van der Waals surface area contributed by atoms with Crippen molar-refractivity contribution >= 4 is 11.9 Å². The average molecular weight is 401 g/mol. The van der Waals surface area contributed by atoms with E-state index in [1.54, 1.807) is 13.0 Å². The van der Waals surface area contributed by atoms with Gasteiger partial charge in [0.2, 0.25) is 0 Å². The van der Waals surface area contributed by atoms with Gasteiger partial charge in [0.05, 0.1) is 12.5 Å². The highest BCUT2D eigenvalue weighted by Crippen LogP contribution is 2.61. The minimum Gasteiger partial charge on any atom is -0.508 e. The molecule has 0 spiro atoms. The number of carbonyl (C=O) groups excluding carboxylic acids is 2. The maximum absolute atomic E-state index is 12.0. The number of hydrogen-bond acceptors (Lipinski definition) is 5. The largest absolute Gasteiger partial charge is 0.508 e. The molecule has 5 atom stereocenters. The molecule has 3 aliphatic carbocycles. The molecule has 0 unspecified atom stereocenters. The monoisotopic (exact) mass is 400 g/mol. The smallest absolute Gasteiger partial charge is 0.313 e. The Morgan fingerprint density at radius 2 is 1.97 bits per heavy atom. The van der Waals surface area contributed by atoms with Crippen molar-refractivity contribution in [1.82, 2.24) is 0 Å². The van der Waals surface area contributed by atoms with Crippen LogP contribution in [0.5, 0.6) is 5.75 Å². The summed E-state index contributed by atoms with van der Waals surface area (Å²) in [4.78, 5) is 23.4. The van der Waals surface area contributed by atoms with Crippen molar-refractivity contribution < 1.29 is 24.5 Å². The number of benzene rings is 1. The fourth-order valence-electron chi connectivity index (χ4n) is 6.48. The second-order valence-electron chi connectivity index (χ2n) is 9.43. The van der Waals surface area contributed by atoms with E-state index in [0.29, 0.717) is 24.2 Å². The molecule has 0 heterocycles. The normalized spacial score (nSPS) is 32.8. The van der Waals surface area contributed by atoms with Crippen LogP contribution in [0.4, 0.5) is 0 Å². The topological polar surface area (TPSA) is 83.8 Å². The van der Waals surface area contributed by atoms with Gasteiger partial charge in [-0.1, -0.05) is 13.8 Å². The summed E-state index contributed by atoms with van der Waals surface area (Å²) >= 11 is 0. The van der Waals surface area contributed by atoms with Crippen LogP contribution in [-0.4, -0.2) is 28.3 Å². The molecule has 0 amide bonds. The summed E-state index contributed by atoms with van der Waals surface area (Å²) in [6.07, 6.45) is 6.68. The van der Waals surface area contributed by atoms with E-state index < -0.39 is 11.9 Å². The number of aliphatic hydroxyl groups is 1. The van der Waals surface area contributed by atoms with Gasteiger partial charge in [0.1, 0.15) is 5.75 Å². The third-order valence-corrected chi connectivity index (χ3v) is 7.96. The van der Waals surface area contributed by atoms with Crippen LogP contribution in [0.1, 0.15) is 81.4 Å². The van der Waals surface area contributed by atoms with E-state index in [1.807, 2.05) is 6.07 Å². The third-order valence-electron chi connectivity index (χ3n) is 7.96. The van der Waals surface area contributed by atoms with Crippen LogP contribution in [0.25, 0.3) is 0 Å². The summed E-state index contributed by atoms with van der Waals surface area (Å²) in [6, 6.07) is 3.67. The fraction of sp³-hybridized carbons (Fsp3) is 0.667. The second kappa shape index (κ2) is 7.75. The van der Waals surface area contributed by atoms with Crippen molar-refractivity contribution in [2.24, 2.45) is 17.3 Å². The van der Waals surface area contributed by atoms with E-state index in [1.165, 1.54) is 11.1 Å². The van der Waals surface area contributed by atoms with Gasteiger partial charge in [0.25, 0.3) is 0 Å². The van der Waals surface area contributed by atoms with Crippen molar-refractivity contribution in [2.75, 3.05) is 0 Å². The molecular formula is C24H32O5. The molecule has 1 aromatic carbocycles. The van der Waals surface area contributed by atoms with Crippen LogP contribution in [0.15, 0.2) is 12.1 Å². The molecule has 0 radical (unpaired) electrons. The number of aromatic hydroxyl groups is 1. The van der Waals surface area contributed by atoms with Gasteiger partial charge in [-0.25, -0.2) is 0 Å². The Kier molecular flexibility index (Phi) is 5.45. The molecule has 2 saturated carbocycles. The minimum atomic E-state index is -0.503. The van der Waals surface area contributed by atoms with Crippen LogP contribution in [0.2, 0.25) is 0 Å². The quantitative estimate of drug-likeness (QED) is 0.589. The molecule has 5 heteroatoms. The van der Waals surface area contributed by atoms with Crippen LogP contribution in [0.3, 0.4) is 0 Å². The molecule has 0 bridgehead atoms. The lowest BCUT2D eigenvalue weighted by atomic mass is 9.55. The fourth-order valence-corrected chi connectivity index (χ4v) is 6.48. The molecular weight excluding hydrogens is 368 g/mol. The molecule has 1 aromatic rings. The number of esters is 2.